The fourth-order valence-corrected chi connectivity index (χ4v) is 3.26. The Bertz CT molecular complexity index is 1030. The first-order valence-electron chi connectivity index (χ1n) is 9.69. The van der Waals surface area contributed by atoms with Crippen LogP contribution in [0.25, 0.3) is 6.08 Å². The number of nitrogens with zero attached hydrogens (tertiary/aromatic N) is 1. The zero-order chi connectivity index (χ0) is 20.1. The molecule has 0 atom stereocenters. The van der Waals surface area contributed by atoms with Gasteiger partial charge in [0, 0.05) is 6.08 Å². The van der Waals surface area contributed by atoms with E-state index < -0.39 is 0 Å². The SMILES string of the molecule is Cc1ccc2c(c1)N(C(=O)/C=C/c1cccc(OCc3ccccc3)c1)CCO2. The Kier molecular flexibility index (Phi) is 5.61. The maximum Gasteiger partial charge on any atom is 0.251 e. The molecule has 0 fully saturated rings. The lowest BCUT2D eigenvalue weighted by Gasteiger charge is -2.29. The highest BCUT2D eigenvalue weighted by molar-refractivity contribution is 6.05. The zero-order valence-electron chi connectivity index (χ0n) is 16.4. The van der Waals surface area contributed by atoms with E-state index in [1.54, 1.807) is 11.0 Å². The predicted octanol–water partition coefficient (Wildman–Crippen LogP) is 5.01. The number of amides is 1. The van der Waals surface area contributed by atoms with Gasteiger partial charge in [-0.15, -0.1) is 0 Å². The van der Waals surface area contributed by atoms with E-state index in [9.17, 15) is 4.79 Å². The van der Waals surface area contributed by atoms with Crippen molar-refractivity contribution in [3.63, 3.8) is 0 Å². The van der Waals surface area contributed by atoms with Crippen LogP contribution in [0.4, 0.5) is 5.69 Å². The minimum Gasteiger partial charge on any atom is -0.490 e. The topological polar surface area (TPSA) is 38.8 Å². The summed E-state index contributed by atoms with van der Waals surface area (Å²) in [5.41, 5.74) is 3.96. The van der Waals surface area contributed by atoms with E-state index in [-0.39, 0.29) is 5.91 Å². The molecule has 146 valence electrons. The first kappa shape index (κ1) is 18.8. The van der Waals surface area contributed by atoms with Gasteiger partial charge in [0.05, 0.1) is 12.2 Å². The molecule has 0 bridgehead atoms. The monoisotopic (exact) mass is 385 g/mol. The molecule has 1 heterocycles. The van der Waals surface area contributed by atoms with Gasteiger partial charge in [0.15, 0.2) is 0 Å². The van der Waals surface area contributed by atoms with Gasteiger partial charge in [0.2, 0.25) is 0 Å². The number of anilines is 1. The minimum absolute atomic E-state index is 0.0595. The van der Waals surface area contributed by atoms with Crippen LogP contribution in [0.15, 0.2) is 78.9 Å². The quantitative estimate of drug-likeness (QED) is 0.579. The molecule has 0 aromatic heterocycles. The molecule has 0 spiro atoms. The summed E-state index contributed by atoms with van der Waals surface area (Å²) >= 11 is 0. The van der Waals surface area contributed by atoms with Crippen molar-refractivity contribution >= 4 is 17.7 Å². The summed E-state index contributed by atoms with van der Waals surface area (Å²) in [5.74, 6) is 1.46. The third-order valence-corrected chi connectivity index (χ3v) is 4.77. The average molecular weight is 385 g/mol. The number of carbonyl (C=O) groups excluding carboxylic acids is 1. The van der Waals surface area contributed by atoms with Crippen LogP contribution in [-0.2, 0) is 11.4 Å². The Balaban J connectivity index is 1.44. The molecule has 0 N–H and O–H groups in total. The summed E-state index contributed by atoms with van der Waals surface area (Å²) in [6, 6.07) is 23.7. The van der Waals surface area contributed by atoms with E-state index >= 15 is 0 Å². The highest BCUT2D eigenvalue weighted by atomic mass is 16.5. The van der Waals surface area contributed by atoms with Crippen LogP contribution < -0.4 is 14.4 Å². The normalized spacial score (nSPS) is 13.1. The summed E-state index contributed by atoms with van der Waals surface area (Å²) in [6.07, 6.45) is 3.43. The lowest BCUT2D eigenvalue weighted by atomic mass is 10.1. The van der Waals surface area contributed by atoms with Gasteiger partial charge < -0.3 is 14.4 Å². The van der Waals surface area contributed by atoms with Gasteiger partial charge >= 0.3 is 0 Å². The molecule has 1 aliphatic rings. The lowest BCUT2D eigenvalue weighted by molar-refractivity contribution is -0.114. The van der Waals surface area contributed by atoms with Crippen LogP contribution in [0.3, 0.4) is 0 Å². The third kappa shape index (κ3) is 4.66. The van der Waals surface area contributed by atoms with Gasteiger partial charge in [-0.2, -0.15) is 0 Å². The van der Waals surface area contributed by atoms with E-state index in [2.05, 4.69) is 0 Å². The predicted molar refractivity (Wildman–Crippen MR) is 115 cm³/mol. The standard InChI is InChI=1S/C25H23NO3/c1-19-10-12-24-23(16-19)26(14-15-28-24)25(27)13-11-20-8-5-9-22(17-20)29-18-21-6-3-2-4-7-21/h2-13,16-17H,14-15,18H2,1H3/b13-11+. The van der Waals surface area contributed by atoms with Crippen molar-refractivity contribution in [1.82, 2.24) is 0 Å². The van der Waals surface area contributed by atoms with Gasteiger partial charge in [-0.3, -0.25) is 4.79 Å². The zero-order valence-corrected chi connectivity index (χ0v) is 16.4. The van der Waals surface area contributed by atoms with Crippen molar-refractivity contribution < 1.29 is 14.3 Å². The molecule has 4 heteroatoms. The lowest BCUT2D eigenvalue weighted by Crippen LogP contribution is -2.36. The van der Waals surface area contributed by atoms with Crippen LogP contribution in [0.1, 0.15) is 16.7 Å². The Morgan fingerprint density at radius 3 is 2.79 bits per heavy atom. The van der Waals surface area contributed by atoms with E-state index in [1.165, 1.54) is 0 Å². The second-order valence-corrected chi connectivity index (χ2v) is 6.99. The van der Waals surface area contributed by atoms with E-state index in [0.29, 0.717) is 19.8 Å². The maximum absolute atomic E-state index is 12.8. The summed E-state index contributed by atoms with van der Waals surface area (Å²) < 4.78 is 11.5. The molecule has 0 radical (unpaired) electrons. The molecule has 0 unspecified atom stereocenters. The summed E-state index contributed by atoms with van der Waals surface area (Å²) in [6.45, 7) is 3.56. The number of carbonyl (C=O) groups is 1. The number of fused-ring (bicyclic) bond motifs is 1. The Hall–Kier alpha value is -3.53. The molecule has 4 rings (SSSR count). The van der Waals surface area contributed by atoms with Crippen molar-refractivity contribution in [2.45, 2.75) is 13.5 Å². The van der Waals surface area contributed by atoms with Crippen molar-refractivity contribution in [2.24, 2.45) is 0 Å². The Morgan fingerprint density at radius 1 is 1.07 bits per heavy atom. The molecule has 3 aromatic rings. The molecule has 29 heavy (non-hydrogen) atoms. The van der Waals surface area contributed by atoms with E-state index in [0.717, 1.165) is 33.9 Å². The fraction of sp³-hybridized carbons (Fsp3) is 0.160. The molecule has 0 saturated carbocycles. The Morgan fingerprint density at radius 2 is 1.93 bits per heavy atom. The number of rotatable bonds is 5. The summed E-state index contributed by atoms with van der Waals surface area (Å²) in [5, 5.41) is 0. The minimum atomic E-state index is -0.0595. The second-order valence-electron chi connectivity index (χ2n) is 6.99. The second kappa shape index (κ2) is 8.65. The molecular formula is C25H23NO3. The summed E-state index contributed by atoms with van der Waals surface area (Å²) in [7, 11) is 0. The van der Waals surface area contributed by atoms with Crippen molar-refractivity contribution in [3.8, 4) is 11.5 Å². The molecule has 0 aliphatic carbocycles. The maximum atomic E-state index is 12.8. The smallest absolute Gasteiger partial charge is 0.251 e. The van der Waals surface area contributed by atoms with Gasteiger partial charge in [0.25, 0.3) is 5.91 Å². The van der Waals surface area contributed by atoms with Gasteiger partial charge in [0.1, 0.15) is 24.7 Å². The van der Waals surface area contributed by atoms with Crippen LogP contribution in [0.5, 0.6) is 11.5 Å². The molecule has 1 amide bonds. The van der Waals surface area contributed by atoms with Crippen LogP contribution in [-0.4, -0.2) is 19.1 Å². The Labute approximate surface area is 171 Å². The van der Waals surface area contributed by atoms with Gasteiger partial charge in [-0.1, -0.05) is 48.5 Å². The summed E-state index contributed by atoms with van der Waals surface area (Å²) in [4.78, 5) is 14.6. The van der Waals surface area contributed by atoms with Gasteiger partial charge in [-0.05, 0) is 54.0 Å². The number of ether oxygens (including phenoxy) is 2. The molecular weight excluding hydrogens is 362 g/mol. The number of hydrogen-bond donors (Lipinski definition) is 0. The van der Waals surface area contributed by atoms with E-state index in [4.69, 9.17) is 9.47 Å². The van der Waals surface area contributed by atoms with Crippen LogP contribution in [0, 0.1) is 6.92 Å². The van der Waals surface area contributed by atoms with Crippen molar-refractivity contribution in [1.29, 1.82) is 0 Å². The van der Waals surface area contributed by atoms with E-state index in [1.807, 2.05) is 85.8 Å². The number of hydrogen-bond acceptors (Lipinski definition) is 3. The molecule has 0 saturated heterocycles. The molecule has 1 aliphatic heterocycles. The number of aryl methyl sites for hydroxylation is 1. The molecule has 3 aromatic carbocycles. The highest BCUT2D eigenvalue weighted by Crippen LogP contribution is 2.32. The molecule has 4 nitrogen and oxygen atoms in total. The fourth-order valence-electron chi connectivity index (χ4n) is 3.26. The van der Waals surface area contributed by atoms with Crippen molar-refractivity contribution in [2.75, 3.05) is 18.1 Å². The highest BCUT2D eigenvalue weighted by Gasteiger charge is 2.22. The first-order valence-corrected chi connectivity index (χ1v) is 9.69. The van der Waals surface area contributed by atoms with Crippen LogP contribution in [0.2, 0.25) is 0 Å². The van der Waals surface area contributed by atoms with Crippen LogP contribution >= 0.6 is 0 Å². The third-order valence-electron chi connectivity index (χ3n) is 4.77. The first-order chi connectivity index (χ1) is 14.2. The van der Waals surface area contributed by atoms with Crippen molar-refractivity contribution in [3.05, 3.63) is 95.6 Å². The van der Waals surface area contributed by atoms with Gasteiger partial charge in [-0.25, -0.2) is 0 Å². The number of benzene rings is 3. The largest absolute Gasteiger partial charge is 0.490 e. The average Bonchev–Trinajstić information content (AvgIpc) is 2.76.